The third-order valence-corrected chi connectivity index (χ3v) is 5.42. The topological polar surface area (TPSA) is 108 Å². The molecule has 1 unspecified atom stereocenters. The Balaban J connectivity index is 1.73. The molecule has 0 saturated carbocycles. The van der Waals surface area contributed by atoms with Crippen molar-refractivity contribution in [3.05, 3.63) is 59.7 Å². The number of hydrogen-bond acceptors (Lipinski definition) is 5. The predicted octanol–water partition coefficient (Wildman–Crippen LogP) is 2.42. The van der Waals surface area contributed by atoms with Gasteiger partial charge in [0, 0.05) is 42.5 Å². The molecule has 1 aliphatic heterocycles. The average molecular weight is 411 g/mol. The van der Waals surface area contributed by atoms with Crippen molar-refractivity contribution in [3.63, 3.8) is 0 Å². The Kier molecular flexibility index (Phi) is 7.07. The zero-order chi connectivity index (χ0) is 21.7. The van der Waals surface area contributed by atoms with E-state index in [0.717, 1.165) is 23.4 Å². The molecule has 2 aromatic carbocycles. The Labute approximate surface area is 177 Å². The predicted molar refractivity (Wildman–Crippen MR) is 118 cm³/mol. The van der Waals surface area contributed by atoms with Gasteiger partial charge < -0.3 is 26.4 Å². The fourth-order valence-electron chi connectivity index (χ4n) is 3.81. The van der Waals surface area contributed by atoms with E-state index < -0.39 is 6.10 Å². The number of nitrogens with two attached hydrogens (primary N) is 1. The largest absolute Gasteiger partial charge is 0.390 e. The second kappa shape index (κ2) is 9.73. The maximum absolute atomic E-state index is 12.5. The third-order valence-electron chi connectivity index (χ3n) is 5.42. The first kappa shape index (κ1) is 21.8. The number of aliphatic hydroxyl groups excluding tert-OH is 1. The van der Waals surface area contributed by atoms with Crippen LogP contribution in [0.4, 0.5) is 11.4 Å². The maximum atomic E-state index is 12.5. The van der Waals surface area contributed by atoms with Crippen LogP contribution in [0.1, 0.15) is 48.7 Å². The van der Waals surface area contributed by atoms with Gasteiger partial charge in [-0.25, -0.2) is 0 Å². The summed E-state index contributed by atoms with van der Waals surface area (Å²) in [5.74, 6) is -0.122. The van der Waals surface area contributed by atoms with E-state index in [1.807, 2.05) is 42.2 Å². The van der Waals surface area contributed by atoms with E-state index in [1.165, 1.54) is 0 Å². The first-order chi connectivity index (χ1) is 14.4. The summed E-state index contributed by atoms with van der Waals surface area (Å²) < 4.78 is 0. The number of hydrogen-bond donors (Lipinski definition) is 4. The van der Waals surface area contributed by atoms with E-state index in [0.29, 0.717) is 12.0 Å². The summed E-state index contributed by atoms with van der Waals surface area (Å²) >= 11 is 0. The van der Waals surface area contributed by atoms with E-state index >= 15 is 0 Å². The van der Waals surface area contributed by atoms with Crippen LogP contribution < -0.4 is 21.3 Å². The Hall–Kier alpha value is -2.90. The van der Waals surface area contributed by atoms with Gasteiger partial charge in [0.05, 0.1) is 12.1 Å². The number of carbonyl (C=O) groups excluding carboxylic acids is 2. The minimum Gasteiger partial charge on any atom is -0.390 e. The second-order valence-corrected chi connectivity index (χ2v) is 7.63. The Morgan fingerprint density at radius 1 is 1.20 bits per heavy atom. The smallest absolute Gasteiger partial charge is 0.251 e. The van der Waals surface area contributed by atoms with E-state index in [-0.39, 0.29) is 37.0 Å². The molecule has 0 fully saturated rings. The van der Waals surface area contributed by atoms with Crippen molar-refractivity contribution in [2.45, 2.75) is 44.9 Å². The van der Waals surface area contributed by atoms with Crippen LogP contribution in [0.15, 0.2) is 48.5 Å². The van der Waals surface area contributed by atoms with Crippen molar-refractivity contribution in [2.24, 2.45) is 5.73 Å². The number of nitrogens with zero attached hydrogens (tertiary/aromatic N) is 1. The van der Waals surface area contributed by atoms with Gasteiger partial charge in [0.2, 0.25) is 5.91 Å². The van der Waals surface area contributed by atoms with Gasteiger partial charge in [-0.2, -0.15) is 0 Å². The number of para-hydroxylation sites is 1. The summed E-state index contributed by atoms with van der Waals surface area (Å²) in [4.78, 5) is 26.5. The summed E-state index contributed by atoms with van der Waals surface area (Å²) in [6.07, 6.45) is 0.521. The Morgan fingerprint density at radius 3 is 2.57 bits per heavy atom. The number of fused-ring (bicyclic) bond motifs is 1. The molecule has 160 valence electrons. The Morgan fingerprint density at radius 2 is 1.90 bits per heavy atom. The molecule has 0 saturated heterocycles. The molecule has 0 radical (unpaired) electrons. The molecule has 0 aliphatic carbocycles. The van der Waals surface area contributed by atoms with Crippen LogP contribution in [0.5, 0.6) is 0 Å². The standard InChI is InChI=1S/C23H30N4O3/c1-3-22(29)27-15(2)12-20(19-6-4-5-7-21(19)27)26-17-10-8-16(9-11-17)23(30)25-14-18(28)13-24/h4-11,15,18,20,26,28H,3,12-14,24H2,1-2H3,(H,25,30)/t15-,18?,20+/m0/s1. The monoisotopic (exact) mass is 410 g/mol. The number of amides is 2. The molecule has 7 nitrogen and oxygen atoms in total. The first-order valence-corrected chi connectivity index (χ1v) is 10.4. The number of nitrogens with one attached hydrogen (secondary N) is 2. The molecular formula is C23H30N4O3. The summed E-state index contributed by atoms with van der Waals surface area (Å²) in [7, 11) is 0. The van der Waals surface area contributed by atoms with Crippen LogP contribution in [0, 0.1) is 0 Å². The quantitative estimate of drug-likeness (QED) is 0.561. The van der Waals surface area contributed by atoms with Gasteiger partial charge in [-0.05, 0) is 49.2 Å². The molecule has 1 heterocycles. The SMILES string of the molecule is CCC(=O)N1c2ccccc2[C@H](Nc2ccc(C(=O)NCC(O)CN)cc2)C[C@@H]1C. The Bertz CT molecular complexity index is 884. The second-order valence-electron chi connectivity index (χ2n) is 7.63. The number of carbonyl (C=O) groups is 2. The van der Waals surface area contributed by atoms with Crippen molar-refractivity contribution < 1.29 is 14.7 Å². The number of anilines is 2. The lowest BCUT2D eigenvalue weighted by atomic mass is 9.91. The van der Waals surface area contributed by atoms with E-state index in [1.54, 1.807) is 12.1 Å². The van der Waals surface area contributed by atoms with E-state index in [2.05, 4.69) is 23.6 Å². The number of benzene rings is 2. The minimum atomic E-state index is -0.748. The summed E-state index contributed by atoms with van der Waals surface area (Å²) in [6.45, 7) is 4.18. The molecule has 5 N–H and O–H groups in total. The lowest BCUT2D eigenvalue weighted by Gasteiger charge is -2.40. The van der Waals surface area contributed by atoms with Gasteiger partial charge in [-0.3, -0.25) is 9.59 Å². The van der Waals surface area contributed by atoms with Crippen molar-refractivity contribution in [2.75, 3.05) is 23.3 Å². The fourth-order valence-corrected chi connectivity index (χ4v) is 3.81. The van der Waals surface area contributed by atoms with Crippen LogP contribution in [0.2, 0.25) is 0 Å². The summed E-state index contributed by atoms with van der Waals surface area (Å²) in [5, 5.41) is 15.7. The van der Waals surface area contributed by atoms with Crippen LogP contribution >= 0.6 is 0 Å². The third kappa shape index (κ3) is 4.80. The number of aliphatic hydroxyl groups is 1. The minimum absolute atomic E-state index is 0.0662. The lowest BCUT2D eigenvalue weighted by molar-refractivity contribution is -0.118. The lowest BCUT2D eigenvalue weighted by Crippen LogP contribution is -2.44. The van der Waals surface area contributed by atoms with Crippen LogP contribution in [-0.4, -0.2) is 42.2 Å². The highest BCUT2D eigenvalue weighted by atomic mass is 16.3. The van der Waals surface area contributed by atoms with Crippen molar-refractivity contribution in [1.82, 2.24) is 5.32 Å². The van der Waals surface area contributed by atoms with Gasteiger partial charge in [-0.1, -0.05) is 25.1 Å². The molecule has 0 bridgehead atoms. The van der Waals surface area contributed by atoms with Crippen molar-refractivity contribution >= 4 is 23.2 Å². The molecule has 2 amide bonds. The highest BCUT2D eigenvalue weighted by Crippen LogP contribution is 2.39. The highest BCUT2D eigenvalue weighted by molar-refractivity contribution is 5.95. The molecule has 2 aromatic rings. The van der Waals surface area contributed by atoms with Gasteiger partial charge >= 0.3 is 0 Å². The number of rotatable bonds is 7. The molecule has 0 spiro atoms. The van der Waals surface area contributed by atoms with Crippen molar-refractivity contribution in [3.8, 4) is 0 Å². The van der Waals surface area contributed by atoms with Gasteiger partial charge in [-0.15, -0.1) is 0 Å². The maximum Gasteiger partial charge on any atom is 0.251 e. The van der Waals surface area contributed by atoms with E-state index in [4.69, 9.17) is 5.73 Å². The molecule has 1 aliphatic rings. The fraction of sp³-hybridized carbons (Fsp3) is 0.391. The summed E-state index contributed by atoms with van der Waals surface area (Å²) in [6, 6.07) is 15.4. The first-order valence-electron chi connectivity index (χ1n) is 10.4. The summed E-state index contributed by atoms with van der Waals surface area (Å²) in [5.41, 5.74) is 8.81. The molecule has 30 heavy (non-hydrogen) atoms. The van der Waals surface area contributed by atoms with Gasteiger partial charge in [0.1, 0.15) is 0 Å². The molecular weight excluding hydrogens is 380 g/mol. The molecule has 3 atom stereocenters. The molecule has 0 aromatic heterocycles. The zero-order valence-corrected chi connectivity index (χ0v) is 17.5. The normalized spacial score (nSPS) is 19.0. The highest BCUT2D eigenvalue weighted by Gasteiger charge is 2.32. The van der Waals surface area contributed by atoms with Crippen LogP contribution in [0.3, 0.4) is 0 Å². The molecule has 3 rings (SSSR count). The van der Waals surface area contributed by atoms with Crippen LogP contribution in [-0.2, 0) is 4.79 Å². The molecule has 7 heteroatoms. The average Bonchev–Trinajstić information content (AvgIpc) is 2.77. The van der Waals surface area contributed by atoms with E-state index in [9.17, 15) is 14.7 Å². The van der Waals surface area contributed by atoms with Crippen LogP contribution in [0.25, 0.3) is 0 Å². The van der Waals surface area contributed by atoms with Gasteiger partial charge in [0.25, 0.3) is 5.91 Å². The zero-order valence-electron chi connectivity index (χ0n) is 17.5. The van der Waals surface area contributed by atoms with Crippen molar-refractivity contribution in [1.29, 1.82) is 0 Å². The van der Waals surface area contributed by atoms with Gasteiger partial charge in [0.15, 0.2) is 0 Å².